The maximum atomic E-state index is 13.0. The molecule has 0 bridgehead atoms. The number of pyridine rings is 1. The lowest BCUT2D eigenvalue weighted by Crippen LogP contribution is -2.13. The van der Waals surface area contributed by atoms with E-state index in [1.807, 2.05) is 12.1 Å². The predicted molar refractivity (Wildman–Crippen MR) is 91.2 cm³/mol. The Hall–Kier alpha value is -3.34. The Morgan fingerprint density at radius 1 is 1.04 bits per heavy atom. The first kappa shape index (κ1) is 12.2. The van der Waals surface area contributed by atoms with E-state index in [-0.39, 0.29) is 11.3 Å². The van der Waals surface area contributed by atoms with Crippen LogP contribution in [0.3, 0.4) is 0 Å². The van der Waals surface area contributed by atoms with Gasteiger partial charge in [-0.15, -0.1) is 0 Å². The van der Waals surface area contributed by atoms with Crippen LogP contribution in [0.15, 0.2) is 53.3 Å². The molecule has 0 aliphatic heterocycles. The molecule has 2 heterocycles. The molecule has 5 heteroatoms. The van der Waals surface area contributed by atoms with Crippen LogP contribution in [0.1, 0.15) is 0 Å². The highest BCUT2D eigenvalue weighted by Crippen LogP contribution is 2.32. The van der Waals surface area contributed by atoms with Crippen molar-refractivity contribution in [2.75, 3.05) is 5.73 Å². The van der Waals surface area contributed by atoms with Crippen LogP contribution in [0.2, 0.25) is 0 Å². The summed E-state index contributed by atoms with van der Waals surface area (Å²) >= 11 is 0. The molecule has 0 radical (unpaired) electrons. The number of imidazole rings is 1. The average Bonchev–Trinajstić information content (AvgIpc) is 2.90. The fourth-order valence-corrected chi connectivity index (χ4v) is 3.37. The molecule has 0 fully saturated rings. The van der Waals surface area contributed by atoms with Crippen LogP contribution < -0.4 is 11.3 Å². The molecule has 5 nitrogen and oxygen atoms in total. The van der Waals surface area contributed by atoms with Gasteiger partial charge in [0, 0.05) is 21.8 Å². The normalized spacial score (nSPS) is 12.0. The molecule has 0 atom stereocenters. The number of fused-ring (bicyclic) bond motifs is 4. The van der Waals surface area contributed by atoms with Gasteiger partial charge in [0.15, 0.2) is 0 Å². The van der Waals surface area contributed by atoms with E-state index in [1.165, 1.54) is 0 Å². The van der Waals surface area contributed by atoms with E-state index in [9.17, 15) is 9.90 Å². The number of phenolic OH excluding ortho intramolecular Hbond substituents is 1. The molecular formula is C18H11N3O2. The van der Waals surface area contributed by atoms with E-state index in [4.69, 9.17) is 5.73 Å². The zero-order valence-corrected chi connectivity index (χ0v) is 11.9. The summed E-state index contributed by atoms with van der Waals surface area (Å²) in [6, 6.07) is 14.1. The Morgan fingerprint density at radius 3 is 2.78 bits per heavy atom. The first-order chi connectivity index (χ1) is 11.1. The number of benzene rings is 3. The highest BCUT2D eigenvalue weighted by atomic mass is 16.3. The topological polar surface area (TPSA) is 80.6 Å². The molecule has 0 saturated heterocycles. The molecule has 0 unspecified atom stereocenters. The molecule has 0 spiro atoms. The second-order valence-electron chi connectivity index (χ2n) is 5.72. The van der Waals surface area contributed by atoms with Crippen LogP contribution in [-0.2, 0) is 0 Å². The molecule has 5 rings (SSSR count). The summed E-state index contributed by atoms with van der Waals surface area (Å²) in [6.45, 7) is 0. The van der Waals surface area contributed by atoms with Gasteiger partial charge in [0.05, 0.1) is 11.0 Å². The van der Waals surface area contributed by atoms with Crippen molar-refractivity contribution in [1.29, 1.82) is 0 Å². The number of rotatable bonds is 0. The number of hydrogen-bond donors (Lipinski definition) is 2. The third-order valence-electron chi connectivity index (χ3n) is 4.31. The standard InChI is InChI=1S/C18H11N3O2/c19-10-4-5-15-14(7-10)20-17-13-8-11(22)6-9-2-1-3-12(16(9)13)18(23)21(15)17/h1-8,22H,19H2. The fraction of sp³-hybridized carbons (Fsp3) is 0. The molecule has 23 heavy (non-hydrogen) atoms. The maximum Gasteiger partial charge on any atom is 0.264 e. The van der Waals surface area contributed by atoms with E-state index >= 15 is 0 Å². The van der Waals surface area contributed by atoms with E-state index in [0.717, 1.165) is 16.2 Å². The van der Waals surface area contributed by atoms with Crippen molar-refractivity contribution in [3.63, 3.8) is 0 Å². The number of nitrogens with zero attached hydrogens (tertiary/aromatic N) is 2. The Balaban J connectivity index is 2.21. The number of nitrogens with two attached hydrogens (primary N) is 1. The minimum Gasteiger partial charge on any atom is -0.508 e. The van der Waals surface area contributed by atoms with Gasteiger partial charge in [-0.1, -0.05) is 12.1 Å². The van der Waals surface area contributed by atoms with Gasteiger partial charge >= 0.3 is 0 Å². The zero-order chi connectivity index (χ0) is 15.7. The van der Waals surface area contributed by atoms with Crippen LogP contribution in [0.4, 0.5) is 5.69 Å². The summed E-state index contributed by atoms with van der Waals surface area (Å²) in [6.07, 6.45) is 0. The molecular weight excluding hydrogens is 290 g/mol. The van der Waals surface area contributed by atoms with E-state index in [1.54, 1.807) is 40.8 Å². The van der Waals surface area contributed by atoms with Crippen molar-refractivity contribution in [2.24, 2.45) is 0 Å². The SMILES string of the molecule is Nc1ccc2c(c1)nc1c3cc(O)cc4cccc(c(=O)n21)c43. The van der Waals surface area contributed by atoms with Gasteiger partial charge in [-0.25, -0.2) is 4.98 Å². The quantitative estimate of drug-likeness (QED) is 0.431. The first-order valence-electron chi connectivity index (χ1n) is 7.22. The van der Waals surface area contributed by atoms with E-state index in [2.05, 4.69) is 4.98 Å². The lowest BCUT2D eigenvalue weighted by molar-refractivity contribution is 0.477. The Kier molecular flexibility index (Phi) is 2.07. The van der Waals surface area contributed by atoms with E-state index < -0.39 is 0 Å². The summed E-state index contributed by atoms with van der Waals surface area (Å²) in [5, 5.41) is 13.0. The summed E-state index contributed by atoms with van der Waals surface area (Å²) in [5.74, 6) is 0.150. The number of anilines is 1. The van der Waals surface area contributed by atoms with Crippen LogP contribution >= 0.6 is 0 Å². The van der Waals surface area contributed by atoms with E-state index in [0.29, 0.717) is 27.8 Å². The van der Waals surface area contributed by atoms with Gasteiger partial charge in [0.25, 0.3) is 5.56 Å². The average molecular weight is 301 g/mol. The minimum absolute atomic E-state index is 0.115. The molecule has 0 amide bonds. The van der Waals surface area contributed by atoms with Crippen molar-refractivity contribution in [1.82, 2.24) is 9.38 Å². The van der Waals surface area contributed by atoms with Gasteiger partial charge in [-0.2, -0.15) is 0 Å². The van der Waals surface area contributed by atoms with Gasteiger partial charge < -0.3 is 10.8 Å². The van der Waals surface area contributed by atoms with Crippen molar-refractivity contribution in [3.8, 4) is 5.75 Å². The summed E-state index contributed by atoms with van der Waals surface area (Å²) in [4.78, 5) is 17.5. The van der Waals surface area contributed by atoms with Gasteiger partial charge in [-0.3, -0.25) is 9.20 Å². The summed E-state index contributed by atoms with van der Waals surface area (Å²) in [7, 11) is 0. The fourth-order valence-electron chi connectivity index (χ4n) is 3.37. The molecule has 5 aromatic rings. The lowest BCUT2D eigenvalue weighted by atomic mass is 10.0. The van der Waals surface area contributed by atoms with Crippen molar-refractivity contribution in [2.45, 2.75) is 0 Å². The van der Waals surface area contributed by atoms with Crippen LogP contribution in [-0.4, -0.2) is 14.5 Å². The van der Waals surface area contributed by atoms with Gasteiger partial charge in [0.2, 0.25) is 0 Å². The number of aromatic nitrogens is 2. The predicted octanol–water partition coefficient (Wildman–Crippen LogP) is 2.88. The lowest BCUT2D eigenvalue weighted by Gasteiger charge is -2.07. The third kappa shape index (κ3) is 1.46. The van der Waals surface area contributed by atoms with Crippen molar-refractivity contribution in [3.05, 3.63) is 58.9 Å². The largest absolute Gasteiger partial charge is 0.508 e. The second-order valence-corrected chi connectivity index (χ2v) is 5.72. The number of hydrogen-bond acceptors (Lipinski definition) is 4. The number of aromatic hydroxyl groups is 1. The smallest absolute Gasteiger partial charge is 0.264 e. The second kappa shape index (κ2) is 3.89. The molecule has 110 valence electrons. The van der Waals surface area contributed by atoms with Crippen molar-refractivity contribution >= 4 is 43.9 Å². The maximum absolute atomic E-state index is 13.0. The molecule has 0 aliphatic carbocycles. The Morgan fingerprint density at radius 2 is 1.91 bits per heavy atom. The van der Waals surface area contributed by atoms with Crippen LogP contribution in [0, 0.1) is 0 Å². The highest BCUT2D eigenvalue weighted by molar-refractivity contribution is 6.16. The van der Waals surface area contributed by atoms with Crippen LogP contribution in [0.5, 0.6) is 5.75 Å². The highest BCUT2D eigenvalue weighted by Gasteiger charge is 2.16. The number of nitrogen functional groups attached to an aromatic ring is 1. The third-order valence-corrected chi connectivity index (χ3v) is 4.31. The zero-order valence-electron chi connectivity index (χ0n) is 11.9. The first-order valence-corrected chi connectivity index (χ1v) is 7.22. The number of phenols is 1. The van der Waals surface area contributed by atoms with Crippen LogP contribution in [0.25, 0.3) is 38.2 Å². The summed E-state index contributed by atoms with van der Waals surface area (Å²) in [5.41, 5.74) is 8.22. The molecule has 2 aromatic heterocycles. The summed E-state index contributed by atoms with van der Waals surface area (Å²) < 4.78 is 1.59. The molecule has 3 N–H and O–H groups in total. The monoisotopic (exact) mass is 301 g/mol. The Labute approximate surface area is 129 Å². The van der Waals surface area contributed by atoms with Crippen molar-refractivity contribution < 1.29 is 5.11 Å². The molecule has 0 aliphatic rings. The van der Waals surface area contributed by atoms with Gasteiger partial charge in [-0.05, 0) is 41.8 Å². The minimum atomic E-state index is -0.115. The molecule has 3 aromatic carbocycles. The van der Waals surface area contributed by atoms with Gasteiger partial charge in [0.1, 0.15) is 11.4 Å². The molecule has 0 saturated carbocycles. The Bertz CT molecular complexity index is 1300.